The predicted molar refractivity (Wildman–Crippen MR) is 102 cm³/mol. The first kappa shape index (κ1) is 19.9. The molecule has 0 spiro atoms. The second-order valence-corrected chi connectivity index (χ2v) is 7.47. The SMILES string of the molecule is COc1ccc(CN2CCC(c3nc4ncnc(Cl)c4[nH]3)C(C(F)(F)F)C2)cc1. The van der Waals surface area contributed by atoms with Crippen molar-refractivity contribution in [3.05, 3.63) is 47.1 Å². The normalized spacial score (nSPS) is 20.9. The van der Waals surface area contributed by atoms with E-state index in [-0.39, 0.29) is 23.2 Å². The summed E-state index contributed by atoms with van der Waals surface area (Å²) in [6.07, 6.45) is -2.78. The summed E-state index contributed by atoms with van der Waals surface area (Å²) in [5.74, 6) is -1.35. The van der Waals surface area contributed by atoms with Crippen LogP contribution in [0.1, 0.15) is 23.7 Å². The lowest BCUT2D eigenvalue weighted by atomic mass is 9.84. The molecule has 154 valence electrons. The first-order valence-corrected chi connectivity index (χ1v) is 9.51. The van der Waals surface area contributed by atoms with Gasteiger partial charge in [-0.2, -0.15) is 13.2 Å². The van der Waals surface area contributed by atoms with Crippen LogP contribution in [0, 0.1) is 5.92 Å². The van der Waals surface area contributed by atoms with Crippen molar-refractivity contribution in [1.82, 2.24) is 24.8 Å². The first-order chi connectivity index (χ1) is 13.8. The summed E-state index contributed by atoms with van der Waals surface area (Å²) in [6, 6.07) is 7.35. The number of aromatic amines is 1. The maximum absolute atomic E-state index is 13.9. The fourth-order valence-corrected chi connectivity index (χ4v) is 3.98. The van der Waals surface area contributed by atoms with E-state index in [0.717, 1.165) is 5.56 Å². The van der Waals surface area contributed by atoms with Crippen LogP contribution in [0.2, 0.25) is 5.15 Å². The van der Waals surface area contributed by atoms with Crippen LogP contribution in [-0.4, -0.2) is 51.2 Å². The molecule has 3 heterocycles. The second-order valence-electron chi connectivity index (χ2n) is 7.11. The summed E-state index contributed by atoms with van der Waals surface area (Å²) >= 11 is 6.01. The molecule has 3 aromatic rings. The number of nitrogens with zero attached hydrogens (tertiary/aromatic N) is 4. The molecule has 6 nitrogen and oxygen atoms in total. The minimum Gasteiger partial charge on any atom is -0.497 e. The predicted octanol–water partition coefficient (Wildman–Crippen LogP) is 4.18. The van der Waals surface area contributed by atoms with Crippen LogP contribution in [0.5, 0.6) is 5.75 Å². The Balaban J connectivity index is 1.55. The fraction of sp³-hybridized carbons (Fsp3) is 0.421. The van der Waals surface area contributed by atoms with Crippen LogP contribution in [-0.2, 0) is 6.54 Å². The minimum atomic E-state index is -4.35. The molecule has 29 heavy (non-hydrogen) atoms. The van der Waals surface area contributed by atoms with Gasteiger partial charge in [0.1, 0.15) is 23.4 Å². The van der Waals surface area contributed by atoms with Crippen molar-refractivity contribution in [3.8, 4) is 5.75 Å². The topological polar surface area (TPSA) is 66.9 Å². The molecule has 0 aliphatic carbocycles. The van der Waals surface area contributed by atoms with Gasteiger partial charge in [0.25, 0.3) is 0 Å². The maximum atomic E-state index is 13.9. The van der Waals surface area contributed by atoms with Crippen molar-refractivity contribution >= 4 is 22.8 Å². The number of hydrogen-bond acceptors (Lipinski definition) is 5. The van der Waals surface area contributed by atoms with Gasteiger partial charge in [-0.15, -0.1) is 0 Å². The Morgan fingerprint density at radius 1 is 1.24 bits per heavy atom. The van der Waals surface area contributed by atoms with Crippen LogP contribution in [0.3, 0.4) is 0 Å². The molecule has 1 aliphatic heterocycles. The van der Waals surface area contributed by atoms with Gasteiger partial charge in [0.15, 0.2) is 10.8 Å². The Hall–Kier alpha value is -2.39. The van der Waals surface area contributed by atoms with Gasteiger partial charge in [0.05, 0.1) is 13.0 Å². The number of methoxy groups -OCH3 is 1. The monoisotopic (exact) mass is 425 g/mol. The van der Waals surface area contributed by atoms with E-state index in [0.29, 0.717) is 30.8 Å². The van der Waals surface area contributed by atoms with Gasteiger partial charge in [-0.3, -0.25) is 4.90 Å². The highest BCUT2D eigenvalue weighted by molar-refractivity contribution is 6.33. The molecule has 0 radical (unpaired) electrons. The van der Waals surface area contributed by atoms with Gasteiger partial charge >= 0.3 is 6.18 Å². The van der Waals surface area contributed by atoms with Crippen LogP contribution >= 0.6 is 11.6 Å². The third-order valence-electron chi connectivity index (χ3n) is 5.29. The lowest BCUT2D eigenvalue weighted by Gasteiger charge is -2.38. The van der Waals surface area contributed by atoms with Crippen LogP contribution < -0.4 is 4.74 Å². The van der Waals surface area contributed by atoms with E-state index in [1.54, 1.807) is 7.11 Å². The summed E-state index contributed by atoms with van der Waals surface area (Å²) in [5, 5.41) is 0.147. The first-order valence-electron chi connectivity index (χ1n) is 9.13. The number of alkyl halides is 3. The Bertz CT molecular complexity index is 992. The molecule has 2 unspecified atom stereocenters. The van der Waals surface area contributed by atoms with Gasteiger partial charge in [0.2, 0.25) is 0 Å². The summed E-state index contributed by atoms with van der Waals surface area (Å²) in [6.45, 7) is 0.872. The molecule has 4 rings (SSSR count). The lowest BCUT2D eigenvalue weighted by molar-refractivity contribution is -0.193. The minimum absolute atomic E-state index is 0.101. The molecule has 2 aromatic heterocycles. The number of likely N-dealkylation sites (tertiary alicyclic amines) is 1. The molecule has 10 heteroatoms. The number of benzene rings is 1. The largest absolute Gasteiger partial charge is 0.497 e. The zero-order valence-corrected chi connectivity index (χ0v) is 16.3. The Labute approximate surface area is 170 Å². The van der Waals surface area contributed by atoms with Gasteiger partial charge in [-0.05, 0) is 30.7 Å². The molecule has 1 saturated heterocycles. The van der Waals surface area contributed by atoms with Gasteiger partial charge in [-0.25, -0.2) is 15.0 Å². The van der Waals surface area contributed by atoms with Gasteiger partial charge in [-0.1, -0.05) is 23.7 Å². The second kappa shape index (κ2) is 7.79. The number of piperidine rings is 1. The van der Waals surface area contributed by atoms with Crippen molar-refractivity contribution in [2.24, 2.45) is 5.92 Å². The van der Waals surface area contributed by atoms with Crippen LogP contribution in [0.15, 0.2) is 30.6 Å². The van der Waals surface area contributed by atoms with E-state index in [9.17, 15) is 13.2 Å². The highest BCUT2D eigenvalue weighted by atomic mass is 35.5. The lowest BCUT2D eigenvalue weighted by Crippen LogP contribution is -2.45. The van der Waals surface area contributed by atoms with Crippen LogP contribution in [0.25, 0.3) is 11.2 Å². The van der Waals surface area contributed by atoms with E-state index < -0.39 is 18.0 Å². The molecule has 1 fully saturated rings. The number of rotatable bonds is 4. The number of aromatic nitrogens is 4. The van der Waals surface area contributed by atoms with E-state index in [1.165, 1.54) is 6.33 Å². The van der Waals surface area contributed by atoms with Crippen molar-refractivity contribution < 1.29 is 17.9 Å². The highest BCUT2D eigenvalue weighted by Crippen LogP contribution is 2.42. The van der Waals surface area contributed by atoms with E-state index in [2.05, 4.69) is 19.9 Å². The summed E-state index contributed by atoms with van der Waals surface area (Å²) < 4.78 is 46.8. The van der Waals surface area contributed by atoms with Crippen molar-refractivity contribution in [1.29, 1.82) is 0 Å². The number of H-pyrrole nitrogens is 1. The maximum Gasteiger partial charge on any atom is 0.393 e. The number of ether oxygens (including phenoxy) is 1. The van der Waals surface area contributed by atoms with Crippen molar-refractivity contribution in [3.63, 3.8) is 0 Å². The number of halogens is 4. The third-order valence-corrected chi connectivity index (χ3v) is 5.58. The highest BCUT2D eigenvalue weighted by Gasteiger charge is 2.48. The molecule has 1 aliphatic rings. The Kier molecular flexibility index (Phi) is 5.35. The van der Waals surface area contributed by atoms with E-state index >= 15 is 0 Å². The number of fused-ring (bicyclic) bond motifs is 1. The van der Waals surface area contributed by atoms with Gasteiger partial charge in [0, 0.05) is 19.0 Å². The quantitative estimate of drug-likeness (QED) is 0.635. The molecular weight excluding hydrogens is 407 g/mol. The molecule has 0 saturated carbocycles. The standard InChI is InChI=1S/C19H19ClF3N5O/c1-29-12-4-2-11(3-5-12)8-28-7-6-13(14(9-28)19(21,22)23)17-26-15-16(20)24-10-25-18(15)27-17/h2-5,10,13-14H,6-9H2,1H3,(H,24,25,26,27). The van der Waals surface area contributed by atoms with E-state index in [1.807, 2.05) is 29.2 Å². The zero-order chi connectivity index (χ0) is 20.6. The molecule has 1 N–H and O–H groups in total. The summed E-state index contributed by atoms with van der Waals surface area (Å²) in [5.41, 5.74) is 1.59. The average molecular weight is 426 g/mol. The fourth-order valence-electron chi connectivity index (χ4n) is 3.80. The van der Waals surface area contributed by atoms with Gasteiger partial charge < -0.3 is 9.72 Å². The molecule has 1 aromatic carbocycles. The third kappa shape index (κ3) is 4.16. The Morgan fingerprint density at radius 3 is 2.66 bits per heavy atom. The average Bonchev–Trinajstić information content (AvgIpc) is 3.13. The van der Waals surface area contributed by atoms with Crippen molar-refractivity contribution in [2.45, 2.75) is 25.1 Å². The summed E-state index contributed by atoms with van der Waals surface area (Å²) in [7, 11) is 1.57. The molecular formula is C19H19ClF3N5O. The number of hydrogen-bond donors (Lipinski definition) is 1. The molecule has 2 atom stereocenters. The smallest absolute Gasteiger partial charge is 0.393 e. The zero-order valence-electron chi connectivity index (χ0n) is 15.6. The number of imidazole rings is 1. The Morgan fingerprint density at radius 2 is 2.00 bits per heavy atom. The van der Waals surface area contributed by atoms with Crippen LogP contribution in [0.4, 0.5) is 13.2 Å². The van der Waals surface area contributed by atoms with E-state index in [4.69, 9.17) is 16.3 Å². The molecule has 0 amide bonds. The number of nitrogens with one attached hydrogen (secondary N) is 1. The summed E-state index contributed by atoms with van der Waals surface area (Å²) in [4.78, 5) is 16.8. The van der Waals surface area contributed by atoms with Crippen molar-refractivity contribution in [2.75, 3.05) is 20.2 Å². The molecule has 0 bridgehead atoms.